The summed E-state index contributed by atoms with van der Waals surface area (Å²) in [5.74, 6) is 0.646. The summed E-state index contributed by atoms with van der Waals surface area (Å²) in [6.07, 6.45) is 2.17. The molecule has 0 amide bonds. The molecule has 1 heterocycles. The minimum absolute atomic E-state index is 0.149. The predicted octanol–water partition coefficient (Wildman–Crippen LogP) is 2.10. The lowest BCUT2D eigenvalue weighted by atomic mass is 10.1. The van der Waals surface area contributed by atoms with Crippen LogP contribution in [0.5, 0.6) is 0 Å². The summed E-state index contributed by atoms with van der Waals surface area (Å²) < 4.78 is 6.73. The molecule has 0 radical (unpaired) electrons. The number of rotatable bonds is 4. The number of ether oxygens (including phenoxy) is 1. The first-order valence-corrected chi connectivity index (χ1v) is 6.11. The Morgan fingerprint density at radius 1 is 1.59 bits per heavy atom. The third kappa shape index (κ3) is 2.14. The van der Waals surface area contributed by atoms with E-state index in [9.17, 15) is 4.79 Å². The van der Waals surface area contributed by atoms with Crippen molar-refractivity contribution in [2.75, 3.05) is 12.3 Å². The third-order valence-electron chi connectivity index (χ3n) is 2.93. The Bertz CT molecular complexity index is 433. The van der Waals surface area contributed by atoms with Gasteiger partial charge in [-0.3, -0.25) is 0 Å². The molecule has 1 aromatic heterocycles. The van der Waals surface area contributed by atoms with Crippen LogP contribution in [0.3, 0.4) is 0 Å². The number of anilines is 1. The number of carbonyl (C=O) groups is 1. The zero-order valence-corrected chi connectivity index (χ0v) is 10.6. The Morgan fingerprint density at radius 2 is 2.24 bits per heavy atom. The molecule has 0 unspecified atom stereocenters. The highest BCUT2D eigenvalue weighted by Crippen LogP contribution is 2.45. The predicted molar refractivity (Wildman–Crippen MR) is 65.0 cm³/mol. The molecule has 94 valence electrons. The first-order valence-electron chi connectivity index (χ1n) is 6.11. The maximum Gasteiger partial charge on any atom is 0.359 e. The number of nitrogens with zero attached hydrogens (tertiary/aromatic N) is 2. The van der Waals surface area contributed by atoms with Gasteiger partial charge in [0.05, 0.1) is 6.61 Å². The highest BCUT2D eigenvalue weighted by molar-refractivity contribution is 5.91. The SMILES string of the molecule is CCOC(=O)c1nn(C(C)C)c(N)c1C1CC1. The Kier molecular flexibility index (Phi) is 3.09. The number of esters is 1. The van der Waals surface area contributed by atoms with E-state index in [2.05, 4.69) is 5.10 Å². The van der Waals surface area contributed by atoms with Gasteiger partial charge in [0.1, 0.15) is 5.82 Å². The second-order valence-corrected chi connectivity index (χ2v) is 4.68. The van der Waals surface area contributed by atoms with Gasteiger partial charge in [0, 0.05) is 11.6 Å². The zero-order valence-electron chi connectivity index (χ0n) is 10.6. The highest BCUT2D eigenvalue weighted by Gasteiger charge is 2.35. The molecular formula is C12H19N3O2. The van der Waals surface area contributed by atoms with E-state index >= 15 is 0 Å². The van der Waals surface area contributed by atoms with Crippen LogP contribution in [0, 0.1) is 0 Å². The van der Waals surface area contributed by atoms with Gasteiger partial charge in [-0.25, -0.2) is 9.48 Å². The fraction of sp³-hybridized carbons (Fsp3) is 0.667. The second kappa shape index (κ2) is 4.39. The van der Waals surface area contributed by atoms with Crippen molar-refractivity contribution >= 4 is 11.8 Å². The molecule has 0 atom stereocenters. The van der Waals surface area contributed by atoms with Crippen molar-refractivity contribution in [3.8, 4) is 0 Å². The van der Waals surface area contributed by atoms with Crippen LogP contribution in [0.4, 0.5) is 5.82 Å². The van der Waals surface area contributed by atoms with E-state index in [-0.39, 0.29) is 12.0 Å². The number of hydrogen-bond acceptors (Lipinski definition) is 4. The molecule has 0 aliphatic heterocycles. The van der Waals surface area contributed by atoms with Crippen LogP contribution in [0.1, 0.15) is 61.6 Å². The average molecular weight is 237 g/mol. The molecular weight excluding hydrogens is 218 g/mol. The van der Waals surface area contributed by atoms with E-state index in [1.165, 1.54) is 0 Å². The van der Waals surface area contributed by atoms with Crippen molar-refractivity contribution in [2.45, 2.75) is 45.6 Å². The summed E-state index contributed by atoms with van der Waals surface area (Å²) in [5, 5.41) is 4.31. The van der Waals surface area contributed by atoms with Crippen molar-refractivity contribution in [1.29, 1.82) is 0 Å². The van der Waals surface area contributed by atoms with E-state index < -0.39 is 0 Å². The number of aromatic nitrogens is 2. The molecule has 1 aromatic rings. The fourth-order valence-electron chi connectivity index (χ4n) is 1.98. The van der Waals surface area contributed by atoms with Gasteiger partial charge in [-0.05, 0) is 39.5 Å². The van der Waals surface area contributed by atoms with Gasteiger partial charge in [-0.15, -0.1) is 0 Å². The molecule has 1 aliphatic carbocycles. The van der Waals surface area contributed by atoms with Crippen LogP contribution in [-0.2, 0) is 4.74 Å². The molecule has 1 saturated carbocycles. The highest BCUT2D eigenvalue weighted by atomic mass is 16.5. The van der Waals surface area contributed by atoms with Gasteiger partial charge in [-0.1, -0.05) is 0 Å². The Balaban J connectivity index is 2.42. The summed E-state index contributed by atoms with van der Waals surface area (Å²) in [5.41, 5.74) is 7.36. The normalized spacial score (nSPS) is 15.3. The first kappa shape index (κ1) is 12.0. The average Bonchev–Trinajstić information content (AvgIpc) is 3.02. The van der Waals surface area contributed by atoms with Gasteiger partial charge < -0.3 is 10.5 Å². The van der Waals surface area contributed by atoms with Crippen LogP contribution < -0.4 is 5.73 Å². The Labute approximate surface area is 101 Å². The molecule has 1 aliphatic rings. The van der Waals surface area contributed by atoms with Gasteiger partial charge in [0.15, 0.2) is 5.69 Å². The minimum atomic E-state index is -0.361. The van der Waals surface area contributed by atoms with Crippen LogP contribution in [0.25, 0.3) is 0 Å². The van der Waals surface area contributed by atoms with E-state index in [1.54, 1.807) is 11.6 Å². The molecule has 0 saturated heterocycles. The van der Waals surface area contributed by atoms with Crippen molar-refractivity contribution in [2.24, 2.45) is 0 Å². The molecule has 1 fully saturated rings. The number of carbonyl (C=O) groups excluding carboxylic acids is 1. The van der Waals surface area contributed by atoms with Crippen molar-refractivity contribution in [1.82, 2.24) is 9.78 Å². The van der Waals surface area contributed by atoms with Gasteiger partial charge >= 0.3 is 5.97 Å². The first-order chi connectivity index (χ1) is 8.06. The molecule has 5 heteroatoms. The van der Waals surface area contributed by atoms with E-state index in [4.69, 9.17) is 10.5 Å². The molecule has 0 aromatic carbocycles. The van der Waals surface area contributed by atoms with Crippen LogP contribution in [0.2, 0.25) is 0 Å². The quantitative estimate of drug-likeness (QED) is 0.814. The van der Waals surface area contributed by atoms with Crippen LogP contribution in [0.15, 0.2) is 0 Å². The third-order valence-corrected chi connectivity index (χ3v) is 2.93. The number of nitrogens with two attached hydrogens (primary N) is 1. The van der Waals surface area contributed by atoms with Gasteiger partial charge in [-0.2, -0.15) is 5.10 Å². The summed E-state index contributed by atoms with van der Waals surface area (Å²) in [7, 11) is 0. The lowest BCUT2D eigenvalue weighted by Crippen LogP contribution is -2.09. The summed E-state index contributed by atoms with van der Waals surface area (Å²) in [4.78, 5) is 11.8. The van der Waals surface area contributed by atoms with E-state index in [1.807, 2.05) is 13.8 Å². The Morgan fingerprint density at radius 3 is 2.71 bits per heavy atom. The summed E-state index contributed by atoms with van der Waals surface area (Å²) >= 11 is 0. The largest absolute Gasteiger partial charge is 0.461 e. The van der Waals surface area contributed by atoms with Gasteiger partial charge in [0.25, 0.3) is 0 Å². The number of nitrogen functional groups attached to an aromatic ring is 1. The van der Waals surface area contributed by atoms with Crippen molar-refractivity contribution in [3.05, 3.63) is 11.3 Å². The van der Waals surface area contributed by atoms with Crippen molar-refractivity contribution < 1.29 is 9.53 Å². The standard InChI is InChI=1S/C12H19N3O2/c1-4-17-12(16)10-9(8-5-6-8)11(13)15(14-10)7(2)3/h7-8H,4-6,13H2,1-3H3. The molecule has 17 heavy (non-hydrogen) atoms. The van der Waals surface area contributed by atoms with E-state index in [0.29, 0.717) is 24.0 Å². The topological polar surface area (TPSA) is 70.1 Å². The van der Waals surface area contributed by atoms with Crippen LogP contribution >= 0.6 is 0 Å². The van der Waals surface area contributed by atoms with Crippen molar-refractivity contribution in [3.63, 3.8) is 0 Å². The Hall–Kier alpha value is -1.52. The zero-order chi connectivity index (χ0) is 12.6. The molecule has 5 nitrogen and oxygen atoms in total. The lowest BCUT2D eigenvalue weighted by molar-refractivity contribution is 0.0517. The lowest BCUT2D eigenvalue weighted by Gasteiger charge is -2.07. The minimum Gasteiger partial charge on any atom is -0.461 e. The van der Waals surface area contributed by atoms with E-state index in [0.717, 1.165) is 18.4 Å². The molecule has 0 bridgehead atoms. The summed E-state index contributed by atoms with van der Waals surface area (Å²) in [6.45, 7) is 6.14. The maximum atomic E-state index is 11.8. The molecule has 2 rings (SSSR count). The summed E-state index contributed by atoms with van der Waals surface area (Å²) in [6, 6.07) is 0.149. The maximum absolute atomic E-state index is 11.8. The molecule has 2 N–H and O–H groups in total. The fourth-order valence-corrected chi connectivity index (χ4v) is 1.98. The number of hydrogen-bond donors (Lipinski definition) is 1. The van der Waals surface area contributed by atoms with Crippen LogP contribution in [-0.4, -0.2) is 22.4 Å². The second-order valence-electron chi connectivity index (χ2n) is 4.68. The smallest absolute Gasteiger partial charge is 0.359 e. The van der Waals surface area contributed by atoms with Gasteiger partial charge in [0.2, 0.25) is 0 Å². The molecule has 0 spiro atoms. The monoisotopic (exact) mass is 237 g/mol.